The van der Waals surface area contributed by atoms with Crippen LogP contribution >= 0.6 is 15.9 Å². The number of urea groups is 1. The summed E-state index contributed by atoms with van der Waals surface area (Å²) < 4.78 is 6.01. The van der Waals surface area contributed by atoms with E-state index in [-0.39, 0.29) is 57.4 Å². The minimum Gasteiger partial charge on any atom is -0.409 e. The van der Waals surface area contributed by atoms with Crippen LogP contribution in [0.4, 0.5) is 26.7 Å². The summed E-state index contributed by atoms with van der Waals surface area (Å²) in [4.78, 5) is 124. The minimum atomic E-state index is -1.01. The number of amides is 10. The van der Waals surface area contributed by atoms with E-state index in [4.69, 9.17) is 10.5 Å². The number of hydrogen-bond acceptors (Lipinski definition) is 12. The maximum atomic E-state index is 14.2. The number of ether oxygens (including phenoxy) is 1. The third kappa shape index (κ3) is 16.7. The van der Waals surface area contributed by atoms with Gasteiger partial charge >= 0.3 is 12.1 Å². The van der Waals surface area contributed by atoms with Crippen molar-refractivity contribution in [1.82, 2.24) is 41.0 Å². The summed E-state index contributed by atoms with van der Waals surface area (Å²) in [6, 6.07) is 20.9. The fraction of sp³-hybridized carbons (Fsp3) is 0.375. The first kappa shape index (κ1) is 60.1. The zero-order chi connectivity index (χ0) is 57.0. The van der Waals surface area contributed by atoms with E-state index in [0.29, 0.717) is 83.9 Å². The molecule has 10 amide bonds. The van der Waals surface area contributed by atoms with Gasteiger partial charge in [0, 0.05) is 117 Å². The average Bonchev–Trinajstić information content (AvgIpc) is 4.30. The molecule has 1 fully saturated rings. The summed E-state index contributed by atoms with van der Waals surface area (Å²) in [5.74, 6) is -0.615. The van der Waals surface area contributed by atoms with Gasteiger partial charge in [0.25, 0.3) is 23.6 Å². The molecule has 0 aliphatic carbocycles. The number of alkyl halides is 1. The number of H-pyrrole nitrogens is 1. The molecular weight excluding hydrogens is 1080 g/mol. The van der Waals surface area contributed by atoms with Gasteiger partial charge in [-0.15, -0.1) is 0 Å². The minimum absolute atomic E-state index is 0.102. The SMILES string of the molecule is CBr.CCC.CN1CCN(C(=O)Oc2cc3c(c4ccccc24)CCN3C(=O)c2cc3cc(NC(=O)c4ccc(NC(=O)[C@H](CCCNC(N)=O)NC(=O)CNCCNC(=O)CCCN5C(=O)C=CC5=O)cc4)ccc3[nH]2)CC1. The predicted octanol–water partition coefficient (Wildman–Crippen LogP) is 5.23. The molecule has 0 bridgehead atoms. The Morgan fingerprint density at radius 1 is 0.759 bits per heavy atom. The van der Waals surface area contributed by atoms with Crippen LogP contribution in [0.5, 0.6) is 5.75 Å². The van der Waals surface area contributed by atoms with E-state index in [9.17, 15) is 43.2 Å². The zero-order valence-corrected chi connectivity index (χ0v) is 46.5. The van der Waals surface area contributed by atoms with Crippen molar-refractivity contribution in [2.45, 2.75) is 58.4 Å². The number of anilines is 3. The highest BCUT2D eigenvalue weighted by Gasteiger charge is 2.31. The summed E-state index contributed by atoms with van der Waals surface area (Å²) in [5, 5.41) is 18.8. The van der Waals surface area contributed by atoms with Crippen LogP contribution in [0.3, 0.4) is 0 Å². The maximum Gasteiger partial charge on any atom is 0.415 e. The highest BCUT2D eigenvalue weighted by atomic mass is 79.9. The molecule has 0 radical (unpaired) electrons. The van der Waals surface area contributed by atoms with Gasteiger partial charge in [-0.1, -0.05) is 60.5 Å². The van der Waals surface area contributed by atoms with E-state index >= 15 is 0 Å². The zero-order valence-electron chi connectivity index (χ0n) is 44.9. The number of piperazine rings is 1. The van der Waals surface area contributed by atoms with Crippen LogP contribution in [0.2, 0.25) is 0 Å². The van der Waals surface area contributed by atoms with Crippen molar-refractivity contribution in [3.63, 3.8) is 0 Å². The van der Waals surface area contributed by atoms with Gasteiger partial charge in [0.2, 0.25) is 17.7 Å². The Morgan fingerprint density at radius 3 is 2.14 bits per heavy atom. The van der Waals surface area contributed by atoms with Gasteiger partial charge in [-0.3, -0.25) is 38.5 Å². The molecule has 1 aromatic heterocycles. The number of likely N-dealkylation sites (N-methyl/N-ethyl adjacent to an activating group) is 1. The van der Waals surface area contributed by atoms with Crippen LogP contribution in [0.25, 0.3) is 21.7 Å². The molecule has 0 spiro atoms. The topological polar surface area (TPSA) is 290 Å². The first-order chi connectivity index (χ1) is 38.1. The number of nitrogens with two attached hydrogens (primary N) is 1. The van der Waals surface area contributed by atoms with Crippen LogP contribution in [-0.4, -0.2) is 158 Å². The van der Waals surface area contributed by atoms with Crippen molar-refractivity contribution in [1.29, 1.82) is 0 Å². The molecule has 9 N–H and O–H groups in total. The molecule has 23 heteroatoms. The molecule has 79 heavy (non-hydrogen) atoms. The summed E-state index contributed by atoms with van der Waals surface area (Å²) >= 11 is 2.94. The average molecular weight is 1150 g/mol. The Balaban J connectivity index is 0.00000195. The lowest BCUT2D eigenvalue weighted by Crippen LogP contribution is -2.48. The number of benzene rings is 4. The van der Waals surface area contributed by atoms with Gasteiger partial charge in [0.15, 0.2) is 0 Å². The van der Waals surface area contributed by atoms with Crippen LogP contribution in [-0.2, 0) is 30.4 Å². The first-order valence-electron chi connectivity index (χ1n) is 26.2. The normalized spacial score (nSPS) is 14.1. The lowest BCUT2D eigenvalue weighted by atomic mass is 10.0. The number of nitrogens with one attached hydrogen (secondary N) is 7. The summed E-state index contributed by atoms with van der Waals surface area (Å²) in [6.45, 7) is 7.88. The predicted molar refractivity (Wildman–Crippen MR) is 306 cm³/mol. The molecule has 22 nitrogen and oxygen atoms in total. The number of rotatable bonds is 20. The molecule has 0 unspecified atom stereocenters. The Kier molecular flexibility index (Phi) is 22.5. The van der Waals surface area contributed by atoms with E-state index in [0.717, 1.165) is 34.3 Å². The molecule has 5 aromatic rings. The first-order valence-corrected chi connectivity index (χ1v) is 27.8. The van der Waals surface area contributed by atoms with Gasteiger partial charge in [0.1, 0.15) is 17.5 Å². The molecular formula is C56H69BrN12O10. The van der Waals surface area contributed by atoms with Crippen LogP contribution < -0.4 is 47.3 Å². The molecule has 3 aliphatic rings. The largest absolute Gasteiger partial charge is 0.415 e. The Bertz CT molecular complexity index is 3030. The number of aromatic amines is 1. The quantitative estimate of drug-likeness (QED) is 0.0282. The van der Waals surface area contributed by atoms with E-state index in [1.807, 2.05) is 37.1 Å². The Morgan fingerprint density at radius 2 is 1.44 bits per heavy atom. The molecule has 4 heterocycles. The van der Waals surface area contributed by atoms with Gasteiger partial charge in [-0.25, -0.2) is 9.59 Å². The van der Waals surface area contributed by atoms with Gasteiger partial charge in [-0.2, -0.15) is 0 Å². The van der Waals surface area contributed by atoms with Crippen molar-refractivity contribution < 1.29 is 47.9 Å². The monoisotopic (exact) mass is 1150 g/mol. The highest BCUT2D eigenvalue weighted by Crippen LogP contribution is 2.41. The van der Waals surface area contributed by atoms with Crippen LogP contribution in [0.15, 0.2) is 91.0 Å². The molecule has 0 saturated carbocycles. The molecule has 3 aliphatic heterocycles. The van der Waals surface area contributed by atoms with E-state index in [1.54, 1.807) is 52.3 Å². The lowest BCUT2D eigenvalue weighted by Gasteiger charge is -2.31. The molecule has 1 atom stereocenters. The van der Waals surface area contributed by atoms with Crippen LogP contribution in [0, 0.1) is 0 Å². The number of carbonyl (C=O) groups is 9. The Labute approximate surface area is 466 Å². The van der Waals surface area contributed by atoms with E-state index in [2.05, 4.69) is 71.6 Å². The highest BCUT2D eigenvalue weighted by molar-refractivity contribution is 9.08. The molecule has 1 saturated heterocycles. The van der Waals surface area contributed by atoms with Crippen molar-refractivity contribution in [2.24, 2.45) is 5.73 Å². The van der Waals surface area contributed by atoms with Crippen molar-refractivity contribution >= 4 is 108 Å². The van der Waals surface area contributed by atoms with Crippen molar-refractivity contribution in [3.05, 3.63) is 108 Å². The fourth-order valence-corrected chi connectivity index (χ4v) is 8.95. The molecule has 420 valence electrons. The summed E-state index contributed by atoms with van der Waals surface area (Å²) in [7, 11) is 2.01. The van der Waals surface area contributed by atoms with Crippen LogP contribution in [0.1, 0.15) is 72.4 Å². The number of nitrogens with zero attached hydrogens (tertiary/aromatic N) is 4. The number of halogens is 1. The third-order valence-corrected chi connectivity index (χ3v) is 12.9. The second kappa shape index (κ2) is 29.6. The third-order valence-electron chi connectivity index (χ3n) is 12.9. The standard InChI is InChI=1S/C52H58N12O10.C3H8.CH3Br/c1-61-24-26-62(27-25-61)52(73)74-43-30-42-37(36-6-2-3-7-38(36)43)18-23-63(42)50(71)41-29-33-28-35(14-15-39(33)59-41)58-48(69)32-10-12-34(13-11-32)57-49(70)40(8-4-19-56-51(53)72)60-45(66)31-54-20-21-55-44(65)9-5-22-64-46(67)16-17-47(64)68;1-3-2;1-2/h2-3,6-7,10-17,28-30,40,54,59H,4-5,8-9,18-27,31H2,1H3,(H,55,65)(H,57,70)(H,58,69)(H,60,66)(H3,53,56,72);3H2,1-2H3;1H3/t40-;;/m0../s1. The van der Waals surface area contributed by atoms with Crippen molar-refractivity contribution in [2.75, 3.05) is 93.9 Å². The van der Waals surface area contributed by atoms with E-state index < -0.39 is 47.7 Å². The second-order valence-electron chi connectivity index (χ2n) is 18.8. The van der Waals surface area contributed by atoms with Gasteiger partial charge in [-0.05, 0) is 98.0 Å². The number of imide groups is 1. The number of fused-ring (bicyclic) bond motifs is 4. The summed E-state index contributed by atoms with van der Waals surface area (Å²) in [5.41, 5.74) is 9.00. The van der Waals surface area contributed by atoms with Gasteiger partial charge in [0.05, 0.1) is 12.2 Å². The molecule has 8 rings (SSSR count). The number of primary amides is 1. The van der Waals surface area contributed by atoms with Gasteiger partial charge < -0.3 is 62.1 Å². The summed E-state index contributed by atoms with van der Waals surface area (Å²) in [6.07, 6.45) is 4.69. The maximum absolute atomic E-state index is 14.2. The number of hydrogen-bond donors (Lipinski definition) is 8. The Hall–Kier alpha value is -8.15. The number of aromatic nitrogens is 1. The lowest BCUT2D eigenvalue weighted by molar-refractivity contribution is -0.137. The second-order valence-corrected chi connectivity index (χ2v) is 18.8. The molecule has 4 aromatic carbocycles. The van der Waals surface area contributed by atoms with E-state index in [1.165, 1.54) is 30.7 Å². The smallest absolute Gasteiger partial charge is 0.409 e. The fourth-order valence-electron chi connectivity index (χ4n) is 8.95. The van der Waals surface area contributed by atoms with Crippen molar-refractivity contribution in [3.8, 4) is 5.75 Å². The number of carbonyl (C=O) groups excluding carboxylic acids is 9.